The molecule has 0 saturated carbocycles. The van der Waals surface area contributed by atoms with Crippen molar-refractivity contribution >= 4 is 11.9 Å². The molecule has 0 aromatic heterocycles. The van der Waals surface area contributed by atoms with Gasteiger partial charge in [0.2, 0.25) is 0 Å². The largest absolute Gasteiger partial charge is 0.480 e. The molecular formula is C14H12O6. The molecule has 6 nitrogen and oxygen atoms in total. The lowest BCUT2D eigenvalue weighted by atomic mass is 9.99. The fourth-order valence-corrected chi connectivity index (χ4v) is 1.70. The van der Waals surface area contributed by atoms with Gasteiger partial charge in [0.05, 0.1) is 6.26 Å². The summed E-state index contributed by atoms with van der Waals surface area (Å²) in [6.07, 6.45) is 6.12. The summed E-state index contributed by atoms with van der Waals surface area (Å²) in [6.45, 7) is 0. The summed E-state index contributed by atoms with van der Waals surface area (Å²) in [5, 5.41) is 17.8. The Morgan fingerprint density at radius 2 is 1.75 bits per heavy atom. The highest BCUT2D eigenvalue weighted by Gasteiger charge is 2.27. The smallest absolute Gasteiger partial charge is 0.322 e. The van der Waals surface area contributed by atoms with Crippen LogP contribution in [0.25, 0.3) is 0 Å². The van der Waals surface area contributed by atoms with E-state index in [-0.39, 0.29) is 5.56 Å². The zero-order chi connectivity index (χ0) is 14.5. The first kappa shape index (κ1) is 13.7. The summed E-state index contributed by atoms with van der Waals surface area (Å²) >= 11 is 0. The van der Waals surface area contributed by atoms with E-state index in [9.17, 15) is 9.59 Å². The lowest BCUT2D eigenvalue weighted by Gasteiger charge is -2.17. The van der Waals surface area contributed by atoms with Crippen LogP contribution in [0.5, 0.6) is 5.75 Å². The van der Waals surface area contributed by atoms with E-state index in [2.05, 4.69) is 0 Å². The van der Waals surface area contributed by atoms with E-state index >= 15 is 0 Å². The van der Waals surface area contributed by atoms with E-state index in [0.29, 0.717) is 5.75 Å². The SMILES string of the molecule is O=C(O)C(C(=O)O)c1ccc(OC2C=CC=CO2)cc1. The summed E-state index contributed by atoms with van der Waals surface area (Å²) in [5.41, 5.74) is 0.178. The molecule has 2 N–H and O–H groups in total. The van der Waals surface area contributed by atoms with E-state index in [1.54, 1.807) is 18.2 Å². The molecule has 1 aromatic carbocycles. The van der Waals surface area contributed by atoms with Gasteiger partial charge in [-0.1, -0.05) is 18.2 Å². The lowest BCUT2D eigenvalue weighted by Crippen LogP contribution is -2.21. The molecule has 0 saturated heterocycles. The van der Waals surface area contributed by atoms with Crippen LogP contribution in [0.4, 0.5) is 0 Å². The van der Waals surface area contributed by atoms with Gasteiger partial charge in [0, 0.05) is 0 Å². The van der Waals surface area contributed by atoms with Crippen molar-refractivity contribution in [3.8, 4) is 5.75 Å². The van der Waals surface area contributed by atoms with Gasteiger partial charge in [-0.3, -0.25) is 9.59 Å². The van der Waals surface area contributed by atoms with Crippen LogP contribution in [0.3, 0.4) is 0 Å². The highest BCUT2D eigenvalue weighted by molar-refractivity contribution is 5.98. The van der Waals surface area contributed by atoms with Crippen molar-refractivity contribution in [3.63, 3.8) is 0 Å². The average molecular weight is 276 g/mol. The summed E-state index contributed by atoms with van der Waals surface area (Å²) in [6, 6.07) is 5.82. The molecule has 0 aliphatic carbocycles. The third kappa shape index (κ3) is 3.17. The molecule has 1 aliphatic rings. The standard InChI is InChI=1S/C14H12O6/c15-13(16)12(14(17)18)9-4-6-10(7-5-9)20-11-3-1-2-8-19-11/h1-8,11-12H,(H,15,16)(H,17,18). The topological polar surface area (TPSA) is 93.1 Å². The Hall–Kier alpha value is -2.76. The molecule has 1 heterocycles. The molecule has 0 fully saturated rings. The second-order valence-corrected chi connectivity index (χ2v) is 4.01. The van der Waals surface area contributed by atoms with Crippen LogP contribution in [0, 0.1) is 0 Å². The summed E-state index contributed by atoms with van der Waals surface area (Å²) in [7, 11) is 0. The maximum absolute atomic E-state index is 10.9. The molecule has 104 valence electrons. The van der Waals surface area contributed by atoms with E-state index in [4.69, 9.17) is 19.7 Å². The Morgan fingerprint density at radius 3 is 2.25 bits per heavy atom. The Bertz CT molecular complexity index is 544. The van der Waals surface area contributed by atoms with Gasteiger partial charge in [-0.25, -0.2) is 0 Å². The molecule has 1 atom stereocenters. The number of hydrogen-bond acceptors (Lipinski definition) is 4. The second kappa shape index (κ2) is 5.92. The minimum atomic E-state index is -1.59. The van der Waals surface area contributed by atoms with Crippen LogP contribution < -0.4 is 4.74 Å². The van der Waals surface area contributed by atoms with Gasteiger partial charge in [0.15, 0.2) is 5.92 Å². The second-order valence-electron chi connectivity index (χ2n) is 4.01. The quantitative estimate of drug-likeness (QED) is 0.796. The van der Waals surface area contributed by atoms with Crippen LogP contribution >= 0.6 is 0 Å². The molecule has 1 unspecified atom stereocenters. The van der Waals surface area contributed by atoms with E-state index in [0.717, 1.165) is 0 Å². The van der Waals surface area contributed by atoms with Gasteiger partial charge >= 0.3 is 11.9 Å². The van der Waals surface area contributed by atoms with Crippen molar-refractivity contribution in [2.75, 3.05) is 0 Å². The van der Waals surface area contributed by atoms with Gasteiger partial charge in [-0.2, -0.15) is 0 Å². The first-order valence-corrected chi connectivity index (χ1v) is 5.79. The molecule has 0 bridgehead atoms. The fraction of sp³-hybridized carbons (Fsp3) is 0.143. The fourth-order valence-electron chi connectivity index (χ4n) is 1.70. The maximum Gasteiger partial charge on any atom is 0.322 e. The molecule has 0 radical (unpaired) electrons. The molecular weight excluding hydrogens is 264 g/mol. The van der Waals surface area contributed by atoms with E-state index in [1.807, 2.05) is 0 Å². The summed E-state index contributed by atoms with van der Waals surface area (Å²) in [4.78, 5) is 21.8. The normalized spacial score (nSPS) is 16.8. The van der Waals surface area contributed by atoms with Crippen molar-refractivity contribution in [1.29, 1.82) is 0 Å². The number of carboxylic acids is 2. The number of ether oxygens (including phenoxy) is 2. The molecule has 1 aromatic rings. The number of aliphatic carboxylic acids is 2. The summed E-state index contributed by atoms with van der Waals surface area (Å²) in [5.74, 6) is -3.95. The van der Waals surface area contributed by atoms with Crippen molar-refractivity contribution in [3.05, 3.63) is 54.3 Å². The first-order valence-electron chi connectivity index (χ1n) is 5.79. The molecule has 1 aliphatic heterocycles. The van der Waals surface area contributed by atoms with Crippen molar-refractivity contribution in [1.82, 2.24) is 0 Å². The van der Waals surface area contributed by atoms with E-state index < -0.39 is 24.1 Å². The molecule has 0 amide bonds. The molecule has 2 rings (SSSR count). The minimum absolute atomic E-state index is 0.178. The molecule has 6 heteroatoms. The third-order valence-electron chi connectivity index (χ3n) is 2.63. The highest BCUT2D eigenvalue weighted by Crippen LogP contribution is 2.21. The van der Waals surface area contributed by atoms with Gasteiger partial charge < -0.3 is 19.7 Å². The predicted octanol–water partition coefficient (Wildman–Crippen LogP) is 1.74. The van der Waals surface area contributed by atoms with Gasteiger partial charge in [0.25, 0.3) is 6.29 Å². The van der Waals surface area contributed by atoms with Gasteiger partial charge in [0.1, 0.15) is 5.75 Å². The van der Waals surface area contributed by atoms with Crippen LogP contribution in [-0.4, -0.2) is 28.4 Å². The number of hydrogen-bond donors (Lipinski definition) is 2. The number of rotatable bonds is 5. The van der Waals surface area contributed by atoms with Crippen molar-refractivity contribution in [2.45, 2.75) is 12.2 Å². The van der Waals surface area contributed by atoms with Crippen LogP contribution in [0.15, 0.2) is 48.8 Å². The Kier molecular flexibility index (Phi) is 4.05. The number of benzene rings is 1. The first-order chi connectivity index (χ1) is 9.58. The molecule has 20 heavy (non-hydrogen) atoms. The number of carboxylic acid groups (broad SMARTS) is 2. The number of carbonyl (C=O) groups is 2. The van der Waals surface area contributed by atoms with Gasteiger partial charge in [-0.15, -0.1) is 0 Å². The third-order valence-corrected chi connectivity index (χ3v) is 2.63. The number of allylic oxidation sites excluding steroid dienone is 2. The maximum atomic E-state index is 10.9. The van der Waals surface area contributed by atoms with Crippen LogP contribution in [0.1, 0.15) is 11.5 Å². The minimum Gasteiger partial charge on any atom is -0.480 e. The van der Waals surface area contributed by atoms with E-state index in [1.165, 1.54) is 30.5 Å². The van der Waals surface area contributed by atoms with Crippen LogP contribution in [-0.2, 0) is 14.3 Å². The Labute approximate surface area is 114 Å². The monoisotopic (exact) mass is 276 g/mol. The zero-order valence-electron chi connectivity index (χ0n) is 10.3. The van der Waals surface area contributed by atoms with Crippen molar-refractivity contribution < 1.29 is 29.3 Å². The zero-order valence-corrected chi connectivity index (χ0v) is 10.3. The average Bonchev–Trinajstić information content (AvgIpc) is 2.41. The van der Waals surface area contributed by atoms with Gasteiger partial charge in [-0.05, 0) is 29.8 Å². The Balaban J connectivity index is 2.09. The lowest BCUT2D eigenvalue weighted by molar-refractivity contribution is -0.150. The predicted molar refractivity (Wildman–Crippen MR) is 68.2 cm³/mol. The summed E-state index contributed by atoms with van der Waals surface area (Å²) < 4.78 is 10.6. The Morgan fingerprint density at radius 1 is 1.10 bits per heavy atom. The molecule has 0 spiro atoms. The van der Waals surface area contributed by atoms with Crippen molar-refractivity contribution in [2.24, 2.45) is 0 Å². The van der Waals surface area contributed by atoms with Crippen LogP contribution in [0.2, 0.25) is 0 Å². The highest BCUT2D eigenvalue weighted by atomic mass is 16.7.